The van der Waals surface area contributed by atoms with Gasteiger partial charge in [0.1, 0.15) is 6.10 Å². The zero-order chi connectivity index (χ0) is 10.5. The topological polar surface area (TPSA) is 45.9 Å². The average molecular weight is 202 g/mol. The van der Waals surface area contributed by atoms with Crippen LogP contribution in [0.3, 0.4) is 0 Å². The van der Waals surface area contributed by atoms with E-state index in [0.717, 1.165) is 25.7 Å². The summed E-state index contributed by atoms with van der Waals surface area (Å²) in [6.07, 6.45) is 5.81. The molecule has 0 aromatic carbocycles. The molecule has 3 nitrogen and oxygen atoms in total. The summed E-state index contributed by atoms with van der Waals surface area (Å²) in [6, 6.07) is 7.98. The van der Waals surface area contributed by atoms with E-state index in [1.54, 1.807) is 6.20 Å². The Labute approximate surface area is 89.7 Å². The average Bonchev–Trinajstić information content (AvgIpc) is 2.31. The number of hydrogen-bond acceptors (Lipinski definition) is 3. The van der Waals surface area contributed by atoms with Crippen LogP contribution in [0.1, 0.15) is 25.7 Å². The van der Waals surface area contributed by atoms with Crippen molar-refractivity contribution in [2.75, 3.05) is 0 Å². The second kappa shape index (κ2) is 4.79. The highest BCUT2D eigenvalue weighted by Gasteiger charge is 2.22. The molecule has 0 bridgehead atoms. The molecule has 1 heterocycles. The summed E-state index contributed by atoms with van der Waals surface area (Å²) < 4.78 is 5.73. The van der Waals surface area contributed by atoms with Gasteiger partial charge in [0, 0.05) is 18.2 Å². The Morgan fingerprint density at radius 1 is 1.27 bits per heavy atom. The smallest absolute Gasteiger partial charge is 0.213 e. The van der Waals surface area contributed by atoms with Crippen LogP contribution in [0.4, 0.5) is 0 Å². The number of nitriles is 1. The zero-order valence-electron chi connectivity index (χ0n) is 8.60. The number of aromatic nitrogens is 1. The standard InChI is InChI=1S/C12H14N2O/c13-9-10-4-6-11(7-5-10)15-12-3-1-2-8-14-12/h1-3,8,10-11H,4-7H2/t10-,11-. The molecule has 1 aliphatic carbocycles. The van der Waals surface area contributed by atoms with E-state index in [-0.39, 0.29) is 12.0 Å². The molecule has 15 heavy (non-hydrogen) atoms. The van der Waals surface area contributed by atoms with E-state index in [9.17, 15) is 0 Å². The van der Waals surface area contributed by atoms with E-state index < -0.39 is 0 Å². The fourth-order valence-corrected chi connectivity index (χ4v) is 1.90. The van der Waals surface area contributed by atoms with Gasteiger partial charge in [-0.15, -0.1) is 0 Å². The van der Waals surface area contributed by atoms with Crippen LogP contribution in [0, 0.1) is 17.2 Å². The van der Waals surface area contributed by atoms with Crippen LogP contribution >= 0.6 is 0 Å². The van der Waals surface area contributed by atoms with Gasteiger partial charge in [-0.3, -0.25) is 0 Å². The van der Waals surface area contributed by atoms with Crippen molar-refractivity contribution in [1.29, 1.82) is 5.26 Å². The molecule has 0 N–H and O–H groups in total. The number of ether oxygens (including phenoxy) is 1. The summed E-state index contributed by atoms with van der Waals surface area (Å²) in [5, 5.41) is 8.76. The minimum atomic E-state index is 0.230. The maximum Gasteiger partial charge on any atom is 0.213 e. The third-order valence-corrected chi connectivity index (χ3v) is 2.78. The number of rotatable bonds is 2. The quantitative estimate of drug-likeness (QED) is 0.740. The third kappa shape index (κ3) is 2.69. The molecular weight excluding hydrogens is 188 g/mol. The number of pyridine rings is 1. The predicted octanol–water partition coefficient (Wildman–Crippen LogP) is 2.54. The molecule has 0 unspecified atom stereocenters. The molecule has 1 aromatic rings. The van der Waals surface area contributed by atoms with Crippen LogP contribution in [-0.2, 0) is 0 Å². The molecule has 78 valence electrons. The highest BCUT2D eigenvalue weighted by Crippen LogP contribution is 2.26. The fraction of sp³-hybridized carbons (Fsp3) is 0.500. The predicted molar refractivity (Wildman–Crippen MR) is 56.2 cm³/mol. The molecule has 0 spiro atoms. The van der Waals surface area contributed by atoms with Crippen molar-refractivity contribution in [2.24, 2.45) is 5.92 Å². The van der Waals surface area contributed by atoms with Crippen LogP contribution in [0.25, 0.3) is 0 Å². The fourth-order valence-electron chi connectivity index (χ4n) is 1.90. The van der Waals surface area contributed by atoms with Gasteiger partial charge in [-0.05, 0) is 31.7 Å². The lowest BCUT2D eigenvalue weighted by Crippen LogP contribution is -2.23. The molecule has 0 amide bonds. The summed E-state index contributed by atoms with van der Waals surface area (Å²) in [4.78, 5) is 4.12. The first-order valence-corrected chi connectivity index (χ1v) is 5.36. The SMILES string of the molecule is N#C[C@H]1CC[C@H](Oc2ccccn2)CC1. The molecule has 0 radical (unpaired) electrons. The van der Waals surface area contributed by atoms with E-state index in [1.165, 1.54) is 0 Å². The van der Waals surface area contributed by atoms with Crippen molar-refractivity contribution >= 4 is 0 Å². The lowest BCUT2D eigenvalue weighted by molar-refractivity contribution is 0.137. The van der Waals surface area contributed by atoms with Crippen LogP contribution in [0.2, 0.25) is 0 Å². The summed E-state index contributed by atoms with van der Waals surface area (Å²) >= 11 is 0. The van der Waals surface area contributed by atoms with Gasteiger partial charge in [-0.1, -0.05) is 6.07 Å². The Morgan fingerprint density at radius 3 is 2.67 bits per heavy atom. The van der Waals surface area contributed by atoms with Gasteiger partial charge < -0.3 is 4.74 Å². The van der Waals surface area contributed by atoms with Crippen LogP contribution in [0.5, 0.6) is 5.88 Å². The van der Waals surface area contributed by atoms with Crippen LogP contribution in [0.15, 0.2) is 24.4 Å². The molecule has 0 saturated heterocycles. The Balaban J connectivity index is 1.85. The Kier molecular flexibility index (Phi) is 3.18. The highest BCUT2D eigenvalue weighted by atomic mass is 16.5. The van der Waals surface area contributed by atoms with Gasteiger partial charge >= 0.3 is 0 Å². The molecule has 0 atom stereocenters. The van der Waals surface area contributed by atoms with Crippen molar-refractivity contribution in [3.63, 3.8) is 0 Å². The molecular formula is C12H14N2O. The molecule has 3 heteroatoms. The van der Waals surface area contributed by atoms with Gasteiger partial charge in [0.05, 0.1) is 6.07 Å². The minimum absolute atomic E-state index is 0.230. The van der Waals surface area contributed by atoms with Crippen molar-refractivity contribution in [3.8, 4) is 11.9 Å². The molecule has 1 aromatic heterocycles. The first-order valence-electron chi connectivity index (χ1n) is 5.36. The van der Waals surface area contributed by atoms with E-state index in [0.29, 0.717) is 5.88 Å². The second-order valence-corrected chi connectivity index (χ2v) is 3.89. The Bertz CT molecular complexity index is 336. The molecule has 0 aliphatic heterocycles. The lowest BCUT2D eigenvalue weighted by atomic mass is 9.88. The van der Waals surface area contributed by atoms with Crippen molar-refractivity contribution < 1.29 is 4.74 Å². The third-order valence-electron chi connectivity index (χ3n) is 2.78. The molecule has 2 rings (SSSR count). The van der Waals surface area contributed by atoms with Crippen molar-refractivity contribution in [2.45, 2.75) is 31.8 Å². The number of hydrogen-bond donors (Lipinski definition) is 0. The van der Waals surface area contributed by atoms with Gasteiger partial charge in [0.15, 0.2) is 0 Å². The highest BCUT2D eigenvalue weighted by molar-refractivity contribution is 5.09. The van der Waals surface area contributed by atoms with Gasteiger partial charge in [0.2, 0.25) is 5.88 Å². The molecule has 1 aliphatic rings. The van der Waals surface area contributed by atoms with Crippen LogP contribution in [-0.4, -0.2) is 11.1 Å². The van der Waals surface area contributed by atoms with Crippen LogP contribution < -0.4 is 4.74 Å². The van der Waals surface area contributed by atoms with Crippen molar-refractivity contribution in [1.82, 2.24) is 4.98 Å². The number of nitrogens with zero attached hydrogens (tertiary/aromatic N) is 2. The van der Waals surface area contributed by atoms with Gasteiger partial charge in [-0.2, -0.15) is 5.26 Å². The zero-order valence-corrected chi connectivity index (χ0v) is 8.60. The van der Waals surface area contributed by atoms with Crippen molar-refractivity contribution in [3.05, 3.63) is 24.4 Å². The Hall–Kier alpha value is -1.56. The maximum absolute atomic E-state index is 8.76. The minimum Gasteiger partial charge on any atom is -0.474 e. The first-order chi connectivity index (χ1) is 7.38. The van der Waals surface area contributed by atoms with Gasteiger partial charge in [0.25, 0.3) is 0 Å². The molecule has 1 saturated carbocycles. The lowest BCUT2D eigenvalue weighted by Gasteiger charge is -2.24. The van der Waals surface area contributed by atoms with E-state index in [2.05, 4.69) is 11.1 Å². The normalized spacial score (nSPS) is 25.5. The summed E-state index contributed by atoms with van der Waals surface area (Å²) in [5.74, 6) is 0.923. The van der Waals surface area contributed by atoms with E-state index in [1.807, 2.05) is 18.2 Å². The van der Waals surface area contributed by atoms with E-state index >= 15 is 0 Å². The molecule has 1 fully saturated rings. The maximum atomic E-state index is 8.76. The monoisotopic (exact) mass is 202 g/mol. The Morgan fingerprint density at radius 2 is 2.07 bits per heavy atom. The largest absolute Gasteiger partial charge is 0.474 e. The summed E-state index contributed by atoms with van der Waals surface area (Å²) in [7, 11) is 0. The second-order valence-electron chi connectivity index (χ2n) is 3.89. The van der Waals surface area contributed by atoms with Gasteiger partial charge in [-0.25, -0.2) is 4.98 Å². The summed E-state index contributed by atoms with van der Waals surface area (Å²) in [6.45, 7) is 0. The van der Waals surface area contributed by atoms with E-state index in [4.69, 9.17) is 10.00 Å². The summed E-state index contributed by atoms with van der Waals surface area (Å²) in [5.41, 5.74) is 0. The first kappa shape index (κ1) is 9.97.